The second-order valence-corrected chi connectivity index (χ2v) is 7.40. The van der Waals surface area contributed by atoms with Gasteiger partial charge in [-0.2, -0.15) is 10.4 Å². The largest absolute Gasteiger partial charge is 0.493 e. The molecule has 8 heteroatoms. The molecule has 0 atom stereocenters. The Bertz CT molecular complexity index is 1260. The molecule has 0 saturated heterocycles. The summed E-state index contributed by atoms with van der Waals surface area (Å²) in [6.45, 7) is 3.96. The first-order valence-corrected chi connectivity index (χ1v) is 10.6. The van der Waals surface area contributed by atoms with Crippen LogP contribution in [0.4, 0.5) is 11.4 Å². The van der Waals surface area contributed by atoms with Crippen LogP contribution in [-0.4, -0.2) is 15.6 Å². The Labute approximate surface area is 191 Å². The highest BCUT2D eigenvalue weighted by Crippen LogP contribution is 2.32. The van der Waals surface area contributed by atoms with Gasteiger partial charge in [0.15, 0.2) is 5.69 Å². The van der Waals surface area contributed by atoms with Crippen LogP contribution in [-0.2, 0) is 17.9 Å². The van der Waals surface area contributed by atoms with Crippen LogP contribution in [0.5, 0.6) is 5.88 Å². The maximum Gasteiger partial charge on any atom is 0.338 e. The predicted molar refractivity (Wildman–Crippen MR) is 123 cm³/mol. The van der Waals surface area contributed by atoms with E-state index >= 15 is 0 Å². The fraction of sp³-hybridized carbons (Fsp3) is 0.240. The Hall–Kier alpha value is -4.25. The number of unbranched alkanes of at least 4 members (excludes halogenated alkanes) is 1. The van der Waals surface area contributed by atoms with Crippen LogP contribution in [0, 0.1) is 18.3 Å². The monoisotopic (exact) mass is 444 g/mol. The van der Waals surface area contributed by atoms with E-state index in [1.807, 2.05) is 43.3 Å². The zero-order valence-electron chi connectivity index (χ0n) is 18.5. The first-order chi connectivity index (χ1) is 16.0. The summed E-state index contributed by atoms with van der Waals surface area (Å²) >= 11 is 0. The van der Waals surface area contributed by atoms with E-state index in [1.54, 1.807) is 31.2 Å². The third-order valence-electron chi connectivity index (χ3n) is 5.09. The number of aromatic hydroxyl groups is 1. The van der Waals surface area contributed by atoms with Crippen molar-refractivity contribution in [1.82, 2.24) is 4.57 Å². The number of hydrogen-bond acceptors (Lipinski definition) is 7. The number of pyridine rings is 1. The van der Waals surface area contributed by atoms with Gasteiger partial charge in [0.2, 0.25) is 5.88 Å². The minimum absolute atomic E-state index is 0.0635. The average Bonchev–Trinajstić information content (AvgIpc) is 2.83. The van der Waals surface area contributed by atoms with Crippen molar-refractivity contribution in [3.8, 4) is 11.9 Å². The molecule has 0 fully saturated rings. The van der Waals surface area contributed by atoms with E-state index in [0.29, 0.717) is 17.7 Å². The van der Waals surface area contributed by atoms with Gasteiger partial charge < -0.3 is 9.84 Å². The molecule has 0 spiro atoms. The fourth-order valence-corrected chi connectivity index (χ4v) is 3.16. The molecular formula is C25H24N4O4. The van der Waals surface area contributed by atoms with Crippen LogP contribution in [0.15, 0.2) is 69.6 Å². The van der Waals surface area contributed by atoms with Crippen LogP contribution in [0.2, 0.25) is 0 Å². The number of esters is 1. The molecule has 1 N–H and O–H groups in total. The highest BCUT2D eigenvalue weighted by atomic mass is 16.5. The molecule has 0 bridgehead atoms. The van der Waals surface area contributed by atoms with Gasteiger partial charge in [-0.3, -0.25) is 9.36 Å². The highest BCUT2D eigenvalue weighted by Gasteiger charge is 2.19. The molecule has 168 valence electrons. The fourth-order valence-electron chi connectivity index (χ4n) is 3.16. The molecule has 0 aliphatic heterocycles. The lowest BCUT2D eigenvalue weighted by atomic mass is 10.1. The number of benzene rings is 2. The zero-order valence-corrected chi connectivity index (χ0v) is 18.5. The lowest BCUT2D eigenvalue weighted by Crippen LogP contribution is -2.23. The summed E-state index contributed by atoms with van der Waals surface area (Å²) < 4.78 is 6.46. The SMILES string of the molecule is CCCCn1c(O)c(/N=N/c2ccc(C(=O)OCc3ccccc3)cc2)c(C)c(C#N)c1=O. The second-order valence-electron chi connectivity index (χ2n) is 7.40. The van der Waals surface area contributed by atoms with Gasteiger partial charge in [-0.15, -0.1) is 5.11 Å². The quantitative estimate of drug-likeness (QED) is 0.373. The highest BCUT2D eigenvalue weighted by molar-refractivity contribution is 5.89. The van der Waals surface area contributed by atoms with Gasteiger partial charge >= 0.3 is 5.97 Å². The van der Waals surface area contributed by atoms with Crippen LogP contribution in [0.1, 0.15) is 46.8 Å². The minimum atomic E-state index is -0.543. The van der Waals surface area contributed by atoms with Crippen molar-refractivity contribution in [2.75, 3.05) is 0 Å². The summed E-state index contributed by atoms with van der Waals surface area (Å²) in [7, 11) is 0. The number of nitrogens with zero attached hydrogens (tertiary/aromatic N) is 4. The number of carbonyl (C=O) groups excluding carboxylic acids is 1. The molecule has 3 aromatic rings. The molecule has 0 saturated carbocycles. The molecule has 0 aliphatic rings. The van der Waals surface area contributed by atoms with Gasteiger partial charge in [-0.05, 0) is 43.2 Å². The third kappa shape index (κ3) is 5.52. The van der Waals surface area contributed by atoms with Crippen molar-refractivity contribution < 1.29 is 14.6 Å². The van der Waals surface area contributed by atoms with Gasteiger partial charge in [0.25, 0.3) is 5.56 Å². The molecule has 33 heavy (non-hydrogen) atoms. The smallest absolute Gasteiger partial charge is 0.338 e. The molecular weight excluding hydrogens is 420 g/mol. The van der Waals surface area contributed by atoms with Crippen molar-refractivity contribution in [1.29, 1.82) is 5.26 Å². The van der Waals surface area contributed by atoms with Gasteiger partial charge in [0.1, 0.15) is 18.2 Å². The van der Waals surface area contributed by atoms with E-state index in [2.05, 4.69) is 10.2 Å². The van der Waals surface area contributed by atoms with Crippen molar-refractivity contribution in [3.63, 3.8) is 0 Å². The van der Waals surface area contributed by atoms with Gasteiger partial charge in [-0.25, -0.2) is 4.79 Å². The van der Waals surface area contributed by atoms with E-state index in [4.69, 9.17) is 4.74 Å². The maximum atomic E-state index is 12.5. The topological polar surface area (TPSA) is 117 Å². The molecule has 0 amide bonds. The summed E-state index contributed by atoms with van der Waals surface area (Å²) in [5, 5.41) is 28.2. The van der Waals surface area contributed by atoms with E-state index < -0.39 is 11.5 Å². The number of carbonyl (C=O) groups is 1. The van der Waals surface area contributed by atoms with E-state index in [-0.39, 0.29) is 35.8 Å². The summed E-state index contributed by atoms with van der Waals surface area (Å²) in [5.74, 6) is -0.785. The Kier molecular flexibility index (Phi) is 7.71. The first-order valence-electron chi connectivity index (χ1n) is 10.6. The van der Waals surface area contributed by atoms with Crippen molar-refractivity contribution in [2.24, 2.45) is 10.2 Å². The second kappa shape index (κ2) is 10.9. The molecule has 0 radical (unpaired) electrons. The zero-order chi connectivity index (χ0) is 23.8. The lowest BCUT2D eigenvalue weighted by Gasteiger charge is -2.12. The van der Waals surface area contributed by atoms with E-state index in [9.17, 15) is 20.0 Å². The molecule has 3 rings (SSSR count). The van der Waals surface area contributed by atoms with Gasteiger partial charge in [0.05, 0.1) is 11.3 Å². The third-order valence-corrected chi connectivity index (χ3v) is 5.09. The lowest BCUT2D eigenvalue weighted by molar-refractivity contribution is 0.0472. The molecule has 1 heterocycles. The van der Waals surface area contributed by atoms with Crippen molar-refractivity contribution in [2.45, 2.75) is 39.8 Å². The summed E-state index contributed by atoms with van der Waals surface area (Å²) in [6, 6.07) is 17.6. The number of ether oxygens (including phenoxy) is 1. The van der Waals surface area contributed by atoms with E-state index in [1.165, 1.54) is 0 Å². The van der Waals surface area contributed by atoms with Gasteiger partial charge in [0, 0.05) is 12.1 Å². The molecule has 8 nitrogen and oxygen atoms in total. The Morgan fingerprint density at radius 1 is 1.12 bits per heavy atom. The standard InChI is InChI=1S/C25H24N4O4/c1-3-4-14-29-23(30)21(15-26)17(2)22(24(29)31)28-27-20-12-10-19(11-13-20)25(32)33-16-18-8-6-5-7-9-18/h5-13,31H,3-4,14,16H2,1-2H3/b28-27+. The normalized spacial score (nSPS) is 10.8. The summed E-state index contributed by atoms with van der Waals surface area (Å²) in [6.07, 6.45) is 1.48. The number of nitriles is 1. The maximum absolute atomic E-state index is 12.5. The van der Waals surface area contributed by atoms with Gasteiger partial charge in [-0.1, -0.05) is 43.7 Å². The summed E-state index contributed by atoms with van der Waals surface area (Å²) in [5.41, 5.74) is 1.39. The predicted octanol–water partition coefficient (Wildman–Crippen LogP) is 5.31. The Morgan fingerprint density at radius 2 is 1.82 bits per heavy atom. The minimum Gasteiger partial charge on any atom is -0.493 e. The molecule has 0 unspecified atom stereocenters. The number of hydrogen-bond donors (Lipinski definition) is 1. The molecule has 1 aromatic heterocycles. The Balaban J connectivity index is 1.79. The number of azo groups is 1. The first kappa shape index (κ1) is 23.4. The van der Waals surface area contributed by atoms with Crippen molar-refractivity contribution >= 4 is 17.3 Å². The van der Waals surface area contributed by atoms with Crippen molar-refractivity contribution in [3.05, 3.63) is 87.2 Å². The van der Waals surface area contributed by atoms with E-state index in [0.717, 1.165) is 16.6 Å². The molecule has 0 aliphatic carbocycles. The molecule has 2 aromatic carbocycles. The summed E-state index contributed by atoms with van der Waals surface area (Å²) in [4.78, 5) is 24.7. The average molecular weight is 444 g/mol. The number of rotatable bonds is 8. The van der Waals surface area contributed by atoms with Crippen LogP contribution in [0.25, 0.3) is 0 Å². The Morgan fingerprint density at radius 3 is 2.45 bits per heavy atom. The van der Waals surface area contributed by atoms with Crippen LogP contribution >= 0.6 is 0 Å². The van der Waals surface area contributed by atoms with Crippen LogP contribution in [0.3, 0.4) is 0 Å². The number of aromatic nitrogens is 1. The van der Waals surface area contributed by atoms with Crippen LogP contribution < -0.4 is 5.56 Å².